The highest BCUT2D eigenvalue weighted by molar-refractivity contribution is 7.80. The van der Waals surface area contributed by atoms with Crippen LogP contribution in [0.25, 0.3) is 0 Å². The Hall–Kier alpha value is -1.49. The molecule has 16 heavy (non-hydrogen) atoms. The van der Waals surface area contributed by atoms with Crippen molar-refractivity contribution in [1.29, 1.82) is 0 Å². The van der Waals surface area contributed by atoms with E-state index in [1.165, 1.54) is 0 Å². The van der Waals surface area contributed by atoms with Crippen LogP contribution in [0.4, 0.5) is 0 Å². The highest BCUT2D eigenvalue weighted by Crippen LogP contribution is 2.24. The average Bonchev–Trinajstić information content (AvgIpc) is 2.35. The lowest BCUT2D eigenvalue weighted by atomic mass is 10.2. The average molecular weight is 240 g/mol. The van der Waals surface area contributed by atoms with E-state index in [4.69, 9.17) is 21.7 Å². The molecule has 1 aromatic carbocycles. The zero-order chi connectivity index (χ0) is 12.0. The highest BCUT2D eigenvalue weighted by atomic mass is 32.1. The first-order valence-electron chi connectivity index (χ1n) is 4.87. The minimum Gasteiger partial charge on any atom is -0.497 e. The van der Waals surface area contributed by atoms with Gasteiger partial charge in [0.2, 0.25) is 0 Å². The number of benzene rings is 1. The van der Waals surface area contributed by atoms with Crippen LogP contribution < -0.4 is 20.1 Å². The molecule has 4 nitrogen and oxygen atoms in total. The van der Waals surface area contributed by atoms with Gasteiger partial charge in [-0.2, -0.15) is 0 Å². The second-order valence-corrected chi connectivity index (χ2v) is 3.52. The van der Waals surface area contributed by atoms with Crippen molar-refractivity contribution in [3.63, 3.8) is 0 Å². The molecule has 0 saturated heterocycles. The zero-order valence-electron chi connectivity index (χ0n) is 9.66. The van der Waals surface area contributed by atoms with E-state index >= 15 is 0 Å². The summed E-state index contributed by atoms with van der Waals surface area (Å²) in [4.78, 5) is 0. The third-order valence-corrected chi connectivity index (χ3v) is 2.51. The molecule has 0 radical (unpaired) electrons. The minimum absolute atomic E-state index is 0.609. The third-order valence-electron chi connectivity index (χ3n) is 2.16. The smallest absolute Gasteiger partial charge is 0.166 e. The SMILES string of the molecule is CNC(=S)NCc1ccc(OC)cc1OC. The largest absolute Gasteiger partial charge is 0.497 e. The van der Waals surface area contributed by atoms with Gasteiger partial charge >= 0.3 is 0 Å². The summed E-state index contributed by atoms with van der Waals surface area (Å²) >= 11 is 4.99. The van der Waals surface area contributed by atoms with Crippen molar-refractivity contribution in [1.82, 2.24) is 10.6 Å². The Labute approximate surface area is 101 Å². The standard InChI is InChI=1S/C11H16N2O2S/c1-12-11(16)13-7-8-4-5-9(14-2)6-10(8)15-3/h4-6H,7H2,1-3H3,(H2,12,13,16). The fraction of sp³-hybridized carbons (Fsp3) is 0.364. The van der Waals surface area contributed by atoms with Gasteiger partial charge in [-0.1, -0.05) is 0 Å². The van der Waals surface area contributed by atoms with Gasteiger partial charge in [0.15, 0.2) is 5.11 Å². The molecule has 0 amide bonds. The van der Waals surface area contributed by atoms with E-state index in [0.29, 0.717) is 11.7 Å². The van der Waals surface area contributed by atoms with Crippen LogP contribution in [0.2, 0.25) is 0 Å². The minimum atomic E-state index is 0.609. The second-order valence-electron chi connectivity index (χ2n) is 3.11. The molecule has 0 aromatic heterocycles. The van der Waals surface area contributed by atoms with E-state index < -0.39 is 0 Å². The van der Waals surface area contributed by atoms with Gasteiger partial charge in [0.25, 0.3) is 0 Å². The van der Waals surface area contributed by atoms with E-state index in [-0.39, 0.29) is 0 Å². The second kappa shape index (κ2) is 6.17. The number of rotatable bonds is 4. The molecule has 2 N–H and O–H groups in total. The van der Waals surface area contributed by atoms with E-state index in [2.05, 4.69) is 10.6 Å². The first-order chi connectivity index (χ1) is 7.71. The number of nitrogens with one attached hydrogen (secondary N) is 2. The number of thiocarbonyl (C=S) groups is 1. The van der Waals surface area contributed by atoms with Gasteiger partial charge in [0.05, 0.1) is 14.2 Å². The van der Waals surface area contributed by atoms with Gasteiger partial charge in [-0.15, -0.1) is 0 Å². The van der Waals surface area contributed by atoms with E-state index in [0.717, 1.165) is 17.1 Å². The number of hydrogen-bond donors (Lipinski definition) is 2. The summed E-state index contributed by atoms with van der Waals surface area (Å²) in [7, 11) is 5.04. The summed E-state index contributed by atoms with van der Waals surface area (Å²) < 4.78 is 10.4. The summed E-state index contributed by atoms with van der Waals surface area (Å²) in [6.45, 7) is 0.618. The molecular formula is C11H16N2O2S. The number of ether oxygens (including phenoxy) is 2. The topological polar surface area (TPSA) is 42.5 Å². The number of hydrogen-bond acceptors (Lipinski definition) is 3. The molecule has 0 aliphatic rings. The molecule has 0 atom stereocenters. The fourth-order valence-corrected chi connectivity index (χ4v) is 1.33. The van der Waals surface area contributed by atoms with Crippen LogP contribution in [0.3, 0.4) is 0 Å². The molecule has 5 heteroatoms. The van der Waals surface area contributed by atoms with Crippen LogP contribution in [0, 0.1) is 0 Å². The van der Waals surface area contributed by atoms with Crippen LogP contribution in [0.15, 0.2) is 18.2 Å². The molecule has 0 fully saturated rings. The van der Waals surface area contributed by atoms with Crippen molar-refractivity contribution in [2.45, 2.75) is 6.54 Å². The maximum absolute atomic E-state index is 5.27. The highest BCUT2D eigenvalue weighted by Gasteiger charge is 2.04. The Kier molecular flexibility index (Phi) is 4.85. The van der Waals surface area contributed by atoms with Crippen LogP contribution >= 0.6 is 12.2 Å². The van der Waals surface area contributed by atoms with Crippen molar-refractivity contribution in [2.75, 3.05) is 21.3 Å². The molecule has 1 aromatic rings. The van der Waals surface area contributed by atoms with Crippen LogP contribution in [0.5, 0.6) is 11.5 Å². The van der Waals surface area contributed by atoms with Gasteiger partial charge in [0, 0.05) is 25.2 Å². The van der Waals surface area contributed by atoms with Gasteiger partial charge in [-0.3, -0.25) is 0 Å². The monoisotopic (exact) mass is 240 g/mol. The molecule has 0 spiro atoms. The Morgan fingerprint density at radius 3 is 2.62 bits per heavy atom. The summed E-state index contributed by atoms with van der Waals surface area (Å²) in [6.07, 6.45) is 0. The summed E-state index contributed by atoms with van der Waals surface area (Å²) in [6, 6.07) is 5.68. The fourth-order valence-electron chi connectivity index (χ4n) is 1.26. The molecule has 0 aliphatic heterocycles. The first kappa shape index (κ1) is 12.6. The van der Waals surface area contributed by atoms with Crippen molar-refractivity contribution in [3.05, 3.63) is 23.8 Å². The molecule has 0 aliphatic carbocycles. The van der Waals surface area contributed by atoms with Gasteiger partial charge in [0.1, 0.15) is 11.5 Å². The molecule has 0 heterocycles. The lowest BCUT2D eigenvalue weighted by molar-refractivity contribution is 0.390. The molecule has 0 saturated carbocycles. The predicted molar refractivity (Wildman–Crippen MR) is 68.0 cm³/mol. The Bertz CT molecular complexity index is 369. The normalized spacial score (nSPS) is 9.44. The predicted octanol–water partition coefficient (Wildman–Crippen LogP) is 1.30. The van der Waals surface area contributed by atoms with E-state index in [1.807, 2.05) is 18.2 Å². The van der Waals surface area contributed by atoms with Crippen LogP contribution in [-0.4, -0.2) is 26.4 Å². The van der Waals surface area contributed by atoms with Gasteiger partial charge in [-0.05, 0) is 24.4 Å². The summed E-state index contributed by atoms with van der Waals surface area (Å²) in [5.41, 5.74) is 1.03. The zero-order valence-corrected chi connectivity index (χ0v) is 10.5. The molecule has 0 unspecified atom stereocenters. The first-order valence-corrected chi connectivity index (χ1v) is 5.28. The van der Waals surface area contributed by atoms with E-state index in [9.17, 15) is 0 Å². The lowest BCUT2D eigenvalue weighted by Gasteiger charge is -2.12. The maximum Gasteiger partial charge on any atom is 0.166 e. The summed E-state index contributed by atoms with van der Waals surface area (Å²) in [5.74, 6) is 1.56. The Balaban J connectivity index is 2.75. The van der Waals surface area contributed by atoms with Gasteiger partial charge in [-0.25, -0.2) is 0 Å². The Morgan fingerprint density at radius 2 is 2.06 bits per heavy atom. The lowest BCUT2D eigenvalue weighted by Crippen LogP contribution is -2.31. The van der Waals surface area contributed by atoms with Crippen molar-refractivity contribution < 1.29 is 9.47 Å². The molecule has 1 rings (SSSR count). The quantitative estimate of drug-likeness (QED) is 0.777. The van der Waals surface area contributed by atoms with Gasteiger partial charge < -0.3 is 20.1 Å². The molecular weight excluding hydrogens is 224 g/mol. The number of methoxy groups -OCH3 is 2. The molecule has 88 valence electrons. The van der Waals surface area contributed by atoms with E-state index in [1.54, 1.807) is 21.3 Å². The van der Waals surface area contributed by atoms with Crippen molar-refractivity contribution in [3.8, 4) is 11.5 Å². The van der Waals surface area contributed by atoms with Crippen molar-refractivity contribution in [2.24, 2.45) is 0 Å². The third kappa shape index (κ3) is 3.27. The van der Waals surface area contributed by atoms with Crippen molar-refractivity contribution >= 4 is 17.3 Å². The Morgan fingerprint density at radius 1 is 1.31 bits per heavy atom. The maximum atomic E-state index is 5.27. The summed E-state index contributed by atoms with van der Waals surface area (Å²) in [5, 5.41) is 6.52. The van der Waals surface area contributed by atoms with Crippen LogP contribution in [0.1, 0.15) is 5.56 Å². The molecule has 0 bridgehead atoms. The van der Waals surface area contributed by atoms with Crippen LogP contribution in [-0.2, 0) is 6.54 Å².